The second-order valence-corrected chi connectivity index (χ2v) is 3.16. The van der Waals surface area contributed by atoms with E-state index in [9.17, 15) is 4.79 Å². The molecule has 2 aromatic heterocycles. The molecule has 0 fully saturated rings. The number of aromatic amines is 1. The van der Waals surface area contributed by atoms with E-state index in [-0.39, 0.29) is 5.56 Å². The molecule has 3 heteroatoms. The Morgan fingerprint density at radius 3 is 2.86 bits per heavy atom. The van der Waals surface area contributed by atoms with E-state index in [4.69, 9.17) is 4.42 Å². The molecule has 0 spiro atoms. The van der Waals surface area contributed by atoms with Crippen molar-refractivity contribution in [1.82, 2.24) is 4.98 Å². The molecule has 3 rings (SSSR count). The largest absolute Gasteiger partial charge is 0.459 e. The zero-order chi connectivity index (χ0) is 9.54. The summed E-state index contributed by atoms with van der Waals surface area (Å²) in [5, 5.41) is 1.88. The number of rotatable bonds is 0. The number of furan rings is 1. The second-order valence-electron chi connectivity index (χ2n) is 3.16. The molecular formula is C11H7NO2. The molecule has 0 bridgehead atoms. The Kier molecular flexibility index (Phi) is 1.31. The molecule has 0 saturated heterocycles. The Hall–Kier alpha value is -2.03. The molecule has 0 aliphatic rings. The number of hydrogen-bond acceptors (Lipinski definition) is 2. The van der Waals surface area contributed by atoms with Gasteiger partial charge in [-0.15, -0.1) is 0 Å². The molecule has 3 aromatic rings. The van der Waals surface area contributed by atoms with Crippen LogP contribution in [0.4, 0.5) is 0 Å². The quantitative estimate of drug-likeness (QED) is 0.584. The highest BCUT2D eigenvalue weighted by atomic mass is 16.3. The van der Waals surface area contributed by atoms with Crippen molar-refractivity contribution in [2.75, 3.05) is 0 Å². The summed E-state index contributed by atoms with van der Waals surface area (Å²) in [7, 11) is 0. The van der Waals surface area contributed by atoms with Gasteiger partial charge in [0, 0.05) is 16.3 Å². The molecule has 14 heavy (non-hydrogen) atoms. The van der Waals surface area contributed by atoms with Crippen LogP contribution in [0.3, 0.4) is 0 Å². The number of fused-ring (bicyclic) bond motifs is 3. The number of H-pyrrole nitrogens is 1. The summed E-state index contributed by atoms with van der Waals surface area (Å²) >= 11 is 0. The number of pyridine rings is 1. The lowest BCUT2D eigenvalue weighted by atomic mass is 10.1. The van der Waals surface area contributed by atoms with Gasteiger partial charge in [-0.25, -0.2) is 0 Å². The average Bonchev–Trinajstić information content (AvgIpc) is 2.67. The minimum absolute atomic E-state index is 0.177. The Balaban J connectivity index is 2.73. The fraction of sp³-hybridized carbons (Fsp3) is 0. The van der Waals surface area contributed by atoms with Crippen molar-refractivity contribution >= 4 is 21.9 Å². The van der Waals surface area contributed by atoms with Crippen LogP contribution >= 0.6 is 0 Å². The van der Waals surface area contributed by atoms with Crippen LogP contribution in [0, 0.1) is 0 Å². The Morgan fingerprint density at radius 2 is 1.93 bits per heavy atom. The summed E-state index contributed by atoms with van der Waals surface area (Å²) in [4.78, 5) is 14.3. The van der Waals surface area contributed by atoms with E-state index in [2.05, 4.69) is 4.98 Å². The molecular weight excluding hydrogens is 178 g/mol. The van der Waals surface area contributed by atoms with E-state index in [1.54, 1.807) is 0 Å². The summed E-state index contributed by atoms with van der Waals surface area (Å²) < 4.78 is 5.11. The van der Waals surface area contributed by atoms with Gasteiger partial charge in [-0.3, -0.25) is 4.79 Å². The normalized spacial score (nSPS) is 11.1. The van der Waals surface area contributed by atoms with Crippen LogP contribution in [-0.4, -0.2) is 4.98 Å². The van der Waals surface area contributed by atoms with Crippen molar-refractivity contribution in [2.24, 2.45) is 0 Å². The lowest BCUT2D eigenvalue weighted by Gasteiger charge is -1.96. The van der Waals surface area contributed by atoms with Gasteiger partial charge in [0.2, 0.25) is 0 Å². The zero-order valence-corrected chi connectivity index (χ0v) is 7.28. The fourth-order valence-corrected chi connectivity index (χ4v) is 1.70. The molecule has 1 N–H and O–H groups in total. The molecule has 0 amide bonds. The first-order chi connectivity index (χ1) is 6.86. The predicted octanol–water partition coefficient (Wildman–Crippen LogP) is 2.27. The van der Waals surface area contributed by atoms with Gasteiger partial charge >= 0.3 is 0 Å². The summed E-state index contributed by atoms with van der Waals surface area (Å²) in [5.74, 6) is 0. The highest BCUT2D eigenvalue weighted by Gasteiger charge is 2.05. The van der Waals surface area contributed by atoms with Crippen molar-refractivity contribution in [1.29, 1.82) is 0 Å². The molecule has 0 radical (unpaired) electrons. The van der Waals surface area contributed by atoms with E-state index < -0.39 is 0 Å². The van der Waals surface area contributed by atoms with E-state index in [0.29, 0.717) is 5.58 Å². The molecule has 0 saturated carbocycles. The standard InChI is InChI=1S/C11H7NO2/c13-11-10-8(5-6-14-10)7-3-1-2-4-9(7)12-11/h1-6H,(H,12,13). The molecule has 2 heterocycles. The highest BCUT2D eigenvalue weighted by Crippen LogP contribution is 2.20. The van der Waals surface area contributed by atoms with Crippen LogP contribution in [-0.2, 0) is 0 Å². The molecule has 0 aliphatic heterocycles. The molecule has 0 atom stereocenters. The van der Waals surface area contributed by atoms with Crippen LogP contribution < -0.4 is 5.56 Å². The minimum atomic E-state index is -0.177. The number of benzene rings is 1. The highest BCUT2D eigenvalue weighted by molar-refractivity contribution is 6.03. The van der Waals surface area contributed by atoms with Gasteiger partial charge in [0.05, 0.1) is 6.26 Å². The smallest absolute Gasteiger partial charge is 0.292 e. The van der Waals surface area contributed by atoms with Gasteiger partial charge in [-0.05, 0) is 12.1 Å². The van der Waals surface area contributed by atoms with Crippen LogP contribution in [0.2, 0.25) is 0 Å². The lowest BCUT2D eigenvalue weighted by Crippen LogP contribution is -2.04. The number of para-hydroxylation sites is 1. The van der Waals surface area contributed by atoms with Crippen molar-refractivity contribution in [3.63, 3.8) is 0 Å². The Labute approximate surface area is 79.0 Å². The first-order valence-corrected chi connectivity index (χ1v) is 4.34. The van der Waals surface area contributed by atoms with Crippen molar-refractivity contribution < 1.29 is 4.42 Å². The number of nitrogens with one attached hydrogen (secondary N) is 1. The molecule has 3 nitrogen and oxygen atoms in total. The van der Waals surface area contributed by atoms with E-state index in [1.165, 1.54) is 6.26 Å². The summed E-state index contributed by atoms with van der Waals surface area (Å²) in [6.45, 7) is 0. The van der Waals surface area contributed by atoms with Gasteiger partial charge in [-0.2, -0.15) is 0 Å². The maximum absolute atomic E-state index is 11.5. The maximum atomic E-state index is 11.5. The molecule has 0 unspecified atom stereocenters. The monoisotopic (exact) mass is 185 g/mol. The van der Waals surface area contributed by atoms with E-state index in [1.807, 2.05) is 30.3 Å². The Bertz CT molecular complexity index is 663. The minimum Gasteiger partial charge on any atom is -0.459 e. The van der Waals surface area contributed by atoms with E-state index >= 15 is 0 Å². The summed E-state index contributed by atoms with van der Waals surface area (Å²) in [5.41, 5.74) is 1.05. The van der Waals surface area contributed by atoms with Gasteiger partial charge in [0.1, 0.15) is 0 Å². The first-order valence-electron chi connectivity index (χ1n) is 4.34. The number of hydrogen-bond donors (Lipinski definition) is 1. The van der Waals surface area contributed by atoms with E-state index in [0.717, 1.165) is 16.3 Å². The topological polar surface area (TPSA) is 46.0 Å². The molecule has 68 valence electrons. The third-order valence-corrected chi connectivity index (χ3v) is 2.34. The second kappa shape index (κ2) is 2.48. The third kappa shape index (κ3) is 0.836. The number of aromatic nitrogens is 1. The fourth-order valence-electron chi connectivity index (χ4n) is 1.70. The first kappa shape index (κ1) is 7.38. The van der Waals surface area contributed by atoms with Crippen molar-refractivity contribution in [3.8, 4) is 0 Å². The van der Waals surface area contributed by atoms with Crippen molar-refractivity contribution in [3.05, 3.63) is 46.9 Å². The van der Waals surface area contributed by atoms with Gasteiger partial charge in [0.15, 0.2) is 5.58 Å². The predicted molar refractivity (Wildman–Crippen MR) is 54.3 cm³/mol. The Morgan fingerprint density at radius 1 is 1.07 bits per heavy atom. The SMILES string of the molecule is O=c1[nH]c2ccccc2c2ccoc12. The maximum Gasteiger partial charge on any atom is 0.292 e. The average molecular weight is 185 g/mol. The molecule has 1 aromatic carbocycles. The lowest BCUT2D eigenvalue weighted by molar-refractivity contribution is 0.611. The van der Waals surface area contributed by atoms with Crippen LogP contribution in [0.1, 0.15) is 0 Å². The third-order valence-electron chi connectivity index (χ3n) is 2.34. The summed E-state index contributed by atoms with van der Waals surface area (Å²) in [6, 6.07) is 9.48. The summed E-state index contributed by atoms with van der Waals surface area (Å²) in [6.07, 6.45) is 1.53. The van der Waals surface area contributed by atoms with Crippen LogP contribution in [0.15, 0.2) is 45.8 Å². The van der Waals surface area contributed by atoms with Gasteiger partial charge in [-0.1, -0.05) is 18.2 Å². The van der Waals surface area contributed by atoms with Crippen LogP contribution in [0.5, 0.6) is 0 Å². The zero-order valence-electron chi connectivity index (χ0n) is 7.28. The molecule has 0 aliphatic carbocycles. The van der Waals surface area contributed by atoms with Gasteiger partial charge in [0.25, 0.3) is 5.56 Å². The van der Waals surface area contributed by atoms with Gasteiger partial charge < -0.3 is 9.40 Å². The van der Waals surface area contributed by atoms with Crippen LogP contribution in [0.25, 0.3) is 21.9 Å². The van der Waals surface area contributed by atoms with Crippen molar-refractivity contribution in [2.45, 2.75) is 0 Å².